The van der Waals surface area contributed by atoms with Crippen molar-refractivity contribution >= 4 is 17.3 Å². The quantitative estimate of drug-likeness (QED) is 0.563. The minimum Gasteiger partial charge on any atom is -0.372 e. The second kappa shape index (κ2) is 7.36. The lowest BCUT2D eigenvalue weighted by molar-refractivity contribution is 0.578. The van der Waals surface area contributed by atoms with Crippen molar-refractivity contribution < 1.29 is 0 Å². The lowest BCUT2D eigenvalue weighted by Gasteiger charge is -2.29. The summed E-state index contributed by atoms with van der Waals surface area (Å²) < 4.78 is 0. The maximum atomic E-state index is 9.53. The van der Waals surface area contributed by atoms with Gasteiger partial charge in [0, 0.05) is 18.8 Å². The molecule has 0 unspecified atom stereocenters. The Morgan fingerprint density at radius 3 is 2.33 bits per heavy atom. The summed E-state index contributed by atoms with van der Waals surface area (Å²) in [5.41, 5.74) is 6.54. The molecule has 1 aliphatic rings. The average Bonchev–Trinajstić information content (AvgIpc) is 2.62. The fraction of sp³-hybridized carbons (Fsp3) is 0.318. The summed E-state index contributed by atoms with van der Waals surface area (Å²) in [6.45, 7) is 6.50. The van der Waals surface area contributed by atoms with Gasteiger partial charge in [0.15, 0.2) is 0 Å². The third-order valence-electron chi connectivity index (χ3n) is 4.76. The lowest BCUT2D eigenvalue weighted by Crippen LogP contribution is -2.29. The molecule has 122 valence electrons. The van der Waals surface area contributed by atoms with E-state index in [1.165, 1.54) is 36.1 Å². The van der Waals surface area contributed by atoms with Gasteiger partial charge in [-0.1, -0.05) is 35.9 Å². The molecule has 0 atom stereocenters. The van der Waals surface area contributed by atoms with E-state index in [-0.39, 0.29) is 0 Å². The van der Waals surface area contributed by atoms with Crippen molar-refractivity contribution in [2.24, 2.45) is 0 Å². The maximum Gasteiger partial charge on any atom is 0.0998 e. The molecule has 0 spiro atoms. The second-order valence-electron chi connectivity index (χ2n) is 6.62. The van der Waals surface area contributed by atoms with E-state index in [0.29, 0.717) is 5.57 Å². The summed E-state index contributed by atoms with van der Waals surface area (Å²) in [6.07, 6.45) is 5.91. The summed E-state index contributed by atoms with van der Waals surface area (Å²) in [5, 5.41) is 9.53. The highest BCUT2D eigenvalue weighted by molar-refractivity contribution is 5.90. The first-order valence-corrected chi connectivity index (χ1v) is 8.72. The molecule has 0 saturated carbocycles. The third kappa shape index (κ3) is 3.68. The number of piperidine rings is 1. The van der Waals surface area contributed by atoms with Crippen LogP contribution in [-0.4, -0.2) is 13.1 Å². The third-order valence-corrected chi connectivity index (χ3v) is 4.76. The highest BCUT2D eigenvalue weighted by Gasteiger charge is 2.11. The molecule has 24 heavy (non-hydrogen) atoms. The van der Waals surface area contributed by atoms with Crippen LogP contribution in [0, 0.1) is 25.2 Å². The molecular formula is C22H24N2. The van der Waals surface area contributed by atoms with E-state index in [4.69, 9.17) is 0 Å². The molecule has 1 aliphatic heterocycles. The van der Waals surface area contributed by atoms with Crippen LogP contribution in [0.15, 0.2) is 42.5 Å². The van der Waals surface area contributed by atoms with Crippen molar-refractivity contribution in [3.8, 4) is 6.07 Å². The molecule has 0 N–H and O–H groups in total. The van der Waals surface area contributed by atoms with Crippen LogP contribution in [0.2, 0.25) is 0 Å². The summed E-state index contributed by atoms with van der Waals surface area (Å²) in [4.78, 5) is 2.47. The number of aryl methyl sites for hydroxylation is 2. The van der Waals surface area contributed by atoms with E-state index >= 15 is 0 Å². The van der Waals surface area contributed by atoms with Gasteiger partial charge < -0.3 is 4.90 Å². The zero-order chi connectivity index (χ0) is 16.9. The molecule has 0 amide bonds. The molecule has 0 aromatic heterocycles. The molecule has 3 rings (SSSR count). The van der Waals surface area contributed by atoms with Crippen LogP contribution in [0.5, 0.6) is 0 Å². The van der Waals surface area contributed by atoms with E-state index in [9.17, 15) is 5.26 Å². The van der Waals surface area contributed by atoms with Crippen LogP contribution in [0.3, 0.4) is 0 Å². The van der Waals surface area contributed by atoms with E-state index in [0.717, 1.165) is 24.2 Å². The number of benzene rings is 2. The van der Waals surface area contributed by atoms with Gasteiger partial charge in [0.2, 0.25) is 0 Å². The van der Waals surface area contributed by atoms with Gasteiger partial charge in [0.25, 0.3) is 0 Å². The van der Waals surface area contributed by atoms with Gasteiger partial charge >= 0.3 is 0 Å². The van der Waals surface area contributed by atoms with Gasteiger partial charge in [0.1, 0.15) is 0 Å². The Bertz CT molecular complexity index is 773. The van der Waals surface area contributed by atoms with Gasteiger partial charge in [-0.15, -0.1) is 0 Å². The van der Waals surface area contributed by atoms with Crippen molar-refractivity contribution in [2.45, 2.75) is 33.1 Å². The number of nitrogens with zero attached hydrogens (tertiary/aromatic N) is 2. The minimum atomic E-state index is 0.712. The number of nitriles is 1. The number of hydrogen-bond acceptors (Lipinski definition) is 2. The molecule has 1 fully saturated rings. The predicted molar refractivity (Wildman–Crippen MR) is 102 cm³/mol. The van der Waals surface area contributed by atoms with Crippen LogP contribution in [0.4, 0.5) is 5.69 Å². The van der Waals surface area contributed by atoms with Crippen molar-refractivity contribution in [3.05, 3.63) is 64.7 Å². The van der Waals surface area contributed by atoms with E-state index < -0.39 is 0 Å². The highest BCUT2D eigenvalue weighted by Crippen LogP contribution is 2.25. The van der Waals surface area contributed by atoms with Crippen LogP contribution in [0.25, 0.3) is 11.6 Å². The highest BCUT2D eigenvalue weighted by atomic mass is 15.1. The van der Waals surface area contributed by atoms with Gasteiger partial charge in [-0.05, 0) is 68.0 Å². The molecule has 0 radical (unpaired) electrons. The smallest absolute Gasteiger partial charge is 0.0998 e. The Morgan fingerprint density at radius 1 is 1.00 bits per heavy atom. The summed E-state index contributed by atoms with van der Waals surface area (Å²) in [7, 11) is 0. The van der Waals surface area contributed by atoms with Crippen molar-refractivity contribution in [3.63, 3.8) is 0 Å². The Labute approximate surface area is 145 Å². The van der Waals surface area contributed by atoms with E-state index in [2.05, 4.69) is 43.0 Å². The fourth-order valence-corrected chi connectivity index (χ4v) is 3.24. The fourth-order valence-electron chi connectivity index (χ4n) is 3.24. The normalized spacial score (nSPS) is 15.2. The molecule has 2 aromatic rings. The zero-order valence-corrected chi connectivity index (χ0v) is 14.5. The zero-order valence-electron chi connectivity index (χ0n) is 14.5. The van der Waals surface area contributed by atoms with Crippen molar-refractivity contribution in [1.29, 1.82) is 5.26 Å². The maximum absolute atomic E-state index is 9.53. The Hall–Kier alpha value is -2.53. The lowest BCUT2D eigenvalue weighted by atomic mass is 9.99. The topological polar surface area (TPSA) is 27.0 Å². The number of allylic oxidation sites excluding steroid dienone is 1. The van der Waals surface area contributed by atoms with Gasteiger partial charge in [-0.3, -0.25) is 0 Å². The van der Waals surface area contributed by atoms with Gasteiger partial charge in [0.05, 0.1) is 11.6 Å². The summed E-state index contributed by atoms with van der Waals surface area (Å²) in [6, 6.07) is 17.1. The Morgan fingerprint density at radius 2 is 1.71 bits per heavy atom. The molecular weight excluding hydrogens is 292 g/mol. The number of hydrogen-bond donors (Lipinski definition) is 0. The molecule has 1 saturated heterocycles. The first-order valence-electron chi connectivity index (χ1n) is 8.72. The SMILES string of the molecule is Cc1ccc(/C(C#N)=C\c2ccc(N3CCCCC3)cc2C)cc1. The van der Waals surface area contributed by atoms with Crippen LogP contribution < -0.4 is 4.90 Å². The van der Waals surface area contributed by atoms with Crippen LogP contribution >= 0.6 is 0 Å². The van der Waals surface area contributed by atoms with Gasteiger partial charge in [-0.2, -0.15) is 5.26 Å². The van der Waals surface area contributed by atoms with Crippen molar-refractivity contribution in [1.82, 2.24) is 0 Å². The molecule has 1 heterocycles. The van der Waals surface area contributed by atoms with Gasteiger partial charge in [-0.25, -0.2) is 0 Å². The van der Waals surface area contributed by atoms with Crippen molar-refractivity contribution in [2.75, 3.05) is 18.0 Å². The van der Waals surface area contributed by atoms with E-state index in [1.807, 2.05) is 30.3 Å². The molecule has 2 nitrogen and oxygen atoms in total. The number of anilines is 1. The molecule has 0 bridgehead atoms. The van der Waals surface area contributed by atoms with Crippen LogP contribution in [0.1, 0.15) is 41.5 Å². The first kappa shape index (κ1) is 16.3. The predicted octanol–water partition coefficient (Wildman–Crippen LogP) is 5.36. The second-order valence-corrected chi connectivity index (χ2v) is 6.62. The Kier molecular flexibility index (Phi) is 5.01. The summed E-state index contributed by atoms with van der Waals surface area (Å²) in [5.74, 6) is 0. The largest absolute Gasteiger partial charge is 0.372 e. The molecule has 2 heteroatoms. The molecule has 0 aliphatic carbocycles. The Balaban J connectivity index is 1.88. The van der Waals surface area contributed by atoms with E-state index in [1.54, 1.807) is 0 Å². The molecule has 2 aromatic carbocycles. The monoisotopic (exact) mass is 316 g/mol. The van der Waals surface area contributed by atoms with Crippen LogP contribution in [-0.2, 0) is 0 Å². The standard InChI is InChI=1S/C22H24N2/c1-17-6-8-19(9-7-17)21(16-23)15-20-10-11-22(14-18(20)2)24-12-4-3-5-13-24/h6-11,14-15H,3-5,12-13H2,1-2H3/b21-15-. The first-order chi connectivity index (χ1) is 11.7. The minimum absolute atomic E-state index is 0.712. The number of rotatable bonds is 3. The summed E-state index contributed by atoms with van der Waals surface area (Å²) >= 11 is 0. The average molecular weight is 316 g/mol.